The smallest absolute Gasteiger partial charge is 0.239 e. The molecule has 10 N–H and O–H groups in total. The Labute approximate surface area is 183 Å². The molecule has 0 atom stereocenters. The van der Waals surface area contributed by atoms with Crippen molar-refractivity contribution in [1.82, 2.24) is 37.2 Å². The molecule has 2 saturated heterocycles. The van der Waals surface area contributed by atoms with Crippen LogP contribution in [0.1, 0.15) is 11.7 Å². The van der Waals surface area contributed by atoms with Crippen molar-refractivity contribution in [2.24, 2.45) is 5.14 Å². The van der Waals surface area contributed by atoms with Crippen molar-refractivity contribution >= 4 is 36.8 Å². The van der Waals surface area contributed by atoms with E-state index in [1.54, 1.807) is 24.3 Å². The van der Waals surface area contributed by atoms with E-state index in [1.165, 1.54) is 6.07 Å². The Hall–Kier alpha value is -2.63. The fraction of sp³-hybridized carbons (Fsp3) is 0.235. The first-order chi connectivity index (χ1) is 15.2. The summed E-state index contributed by atoms with van der Waals surface area (Å²) < 4.78 is 52.1. The lowest BCUT2D eigenvalue weighted by atomic mass is 9.96. The first kappa shape index (κ1) is 21.2. The Morgan fingerprint density at radius 1 is 0.969 bits per heavy atom. The third-order valence-electron chi connectivity index (χ3n) is 5.54. The molecule has 3 aromatic rings. The number of sulfonamides is 1. The second-order valence-electron chi connectivity index (χ2n) is 7.52. The van der Waals surface area contributed by atoms with E-state index in [1.807, 2.05) is 0 Å². The van der Waals surface area contributed by atoms with Gasteiger partial charge in [-0.1, -0.05) is 18.2 Å². The van der Waals surface area contributed by atoms with Crippen LogP contribution in [0.15, 0.2) is 40.1 Å². The van der Waals surface area contributed by atoms with Crippen molar-refractivity contribution in [3.63, 3.8) is 0 Å². The molecule has 0 radical (unpaired) electrons. The van der Waals surface area contributed by atoms with Crippen LogP contribution in [0.3, 0.4) is 0 Å². The van der Waals surface area contributed by atoms with Gasteiger partial charge in [-0.05, 0) is 17.7 Å². The number of hydrogen-bond acceptors (Lipinski definition) is 11. The number of hydrogen-bond donors (Lipinski definition) is 8. The summed E-state index contributed by atoms with van der Waals surface area (Å²) in [7, 11) is -8.43. The number of nitrogens with zero attached hydrogens (tertiary/aromatic N) is 1. The van der Waals surface area contributed by atoms with Crippen molar-refractivity contribution in [3.8, 4) is 11.1 Å². The summed E-state index contributed by atoms with van der Waals surface area (Å²) in [5, 5.41) is 7.76. The number of sulfone groups is 1. The Morgan fingerprint density at radius 2 is 1.69 bits per heavy atom. The third kappa shape index (κ3) is 3.35. The maximum Gasteiger partial charge on any atom is 0.239 e. The molecule has 15 heteroatoms. The number of anilines is 1. The molecule has 2 fully saturated rings. The van der Waals surface area contributed by atoms with Crippen LogP contribution in [0.25, 0.3) is 22.2 Å². The molecule has 1 aromatic heterocycles. The number of para-hydroxylation sites is 1. The number of aromatic amines is 1. The van der Waals surface area contributed by atoms with E-state index < -0.39 is 36.2 Å². The molecule has 2 aliphatic heterocycles. The molecule has 0 bridgehead atoms. The molecule has 0 spiro atoms. The molecule has 170 valence electrons. The van der Waals surface area contributed by atoms with Crippen molar-refractivity contribution in [1.29, 1.82) is 0 Å². The molecule has 3 heterocycles. The van der Waals surface area contributed by atoms with Gasteiger partial charge in [0.05, 0.1) is 21.2 Å². The van der Waals surface area contributed by atoms with Gasteiger partial charge in [0.2, 0.25) is 10.0 Å². The molecule has 13 nitrogen and oxygen atoms in total. The maximum atomic E-state index is 13.2. The van der Waals surface area contributed by atoms with E-state index in [0.29, 0.717) is 22.2 Å². The van der Waals surface area contributed by atoms with Gasteiger partial charge in [0.25, 0.3) is 0 Å². The van der Waals surface area contributed by atoms with Crippen LogP contribution in [-0.2, 0) is 19.9 Å². The van der Waals surface area contributed by atoms with Crippen molar-refractivity contribution < 1.29 is 16.8 Å². The topological polar surface area (TPSA) is 209 Å². The number of imidazole rings is 1. The highest BCUT2D eigenvalue weighted by atomic mass is 32.2. The molecule has 0 unspecified atom stereocenters. The monoisotopic (exact) mass is 479 g/mol. The molecular weight excluding hydrogens is 458 g/mol. The summed E-state index contributed by atoms with van der Waals surface area (Å²) >= 11 is 0. The fourth-order valence-electron chi connectivity index (χ4n) is 3.95. The van der Waals surface area contributed by atoms with Crippen LogP contribution in [0.5, 0.6) is 0 Å². The first-order valence-corrected chi connectivity index (χ1v) is 12.7. The molecule has 2 aromatic carbocycles. The summed E-state index contributed by atoms with van der Waals surface area (Å²) in [6, 6.07) is 8.13. The van der Waals surface area contributed by atoms with E-state index in [4.69, 9.17) is 10.9 Å². The normalized spacial score (nSPS) is 18.3. The highest BCUT2D eigenvalue weighted by molar-refractivity contribution is 7.94. The zero-order chi connectivity index (χ0) is 22.7. The number of hydrazine groups is 3. The van der Waals surface area contributed by atoms with Gasteiger partial charge in [0.15, 0.2) is 15.8 Å². The number of aromatic nitrogens is 2. The van der Waals surface area contributed by atoms with Gasteiger partial charge in [-0.15, -0.1) is 0 Å². The quantitative estimate of drug-likeness (QED) is 0.207. The minimum absolute atomic E-state index is 0.132. The van der Waals surface area contributed by atoms with Crippen LogP contribution in [0, 0.1) is 0 Å². The second-order valence-corrected chi connectivity index (χ2v) is 11.2. The van der Waals surface area contributed by atoms with Crippen LogP contribution < -0.4 is 38.1 Å². The molecule has 32 heavy (non-hydrogen) atoms. The highest BCUT2D eigenvalue weighted by Crippen LogP contribution is 2.40. The predicted octanol–water partition coefficient (Wildman–Crippen LogP) is -1.68. The Bertz CT molecular complexity index is 1430. The van der Waals surface area contributed by atoms with Gasteiger partial charge in [-0.2, -0.15) is 11.1 Å². The standard InChI is InChI=1S/C17H21N9O4S2/c18-17-21-11-3-1-2-10(14(11)22-17)9-4-5-12(31(27,28)8-6-20-7-8)15(32(19,29)30)13(9)16-23-25-26-24-16/h1-5,8,16,20,23-26H,6-7H2,(H3,18,21,22)(H2,19,29,30). The Morgan fingerprint density at radius 3 is 2.31 bits per heavy atom. The number of nitrogens with two attached hydrogens (primary N) is 2. The average Bonchev–Trinajstić information content (AvgIpc) is 3.32. The summed E-state index contributed by atoms with van der Waals surface area (Å²) in [6.07, 6.45) is -0.834. The average molecular weight is 480 g/mol. The Balaban J connectivity index is 1.86. The van der Waals surface area contributed by atoms with Crippen molar-refractivity contribution in [2.45, 2.75) is 21.2 Å². The molecular formula is C17H21N9O4S2. The summed E-state index contributed by atoms with van der Waals surface area (Å²) in [5.41, 5.74) is 19.0. The summed E-state index contributed by atoms with van der Waals surface area (Å²) in [5.74, 6) is 0.192. The Kier molecular flexibility index (Phi) is 4.95. The number of benzene rings is 2. The number of nitrogens with one attached hydrogen (secondary N) is 6. The van der Waals surface area contributed by atoms with E-state index in [0.717, 1.165) is 0 Å². The largest absolute Gasteiger partial charge is 0.369 e. The first-order valence-electron chi connectivity index (χ1n) is 9.58. The van der Waals surface area contributed by atoms with Crippen LogP contribution in [-0.4, -0.2) is 45.1 Å². The lowest BCUT2D eigenvalue weighted by Gasteiger charge is -2.29. The van der Waals surface area contributed by atoms with Gasteiger partial charge < -0.3 is 16.0 Å². The lowest BCUT2D eigenvalue weighted by molar-refractivity contribution is 0.491. The minimum Gasteiger partial charge on any atom is -0.369 e. The van der Waals surface area contributed by atoms with Gasteiger partial charge in [-0.25, -0.2) is 37.8 Å². The highest BCUT2D eigenvalue weighted by Gasteiger charge is 2.39. The second kappa shape index (κ2) is 7.46. The number of primary sulfonamides is 1. The lowest BCUT2D eigenvalue weighted by Crippen LogP contribution is -2.51. The number of H-pyrrole nitrogens is 1. The molecule has 5 rings (SSSR count). The van der Waals surface area contributed by atoms with Gasteiger partial charge in [0, 0.05) is 24.2 Å². The van der Waals surface area contributed by atoms with Crippen molar-refractivity contribution in [3.05, 3.63) is 35.9 Å². The van der Waals surface area contributed by atoms with Crippen molar-refractivity contribution in [2.75, 3.05) is 18.8 Å². The van der Waals surface area contributed by atoms with Gasteiger partial charge >= 0.3 is 0 Å². The summed E-state index contributed by atoms with van der Waals surface area (Å²) in [6.45, 7) is 0.469. The van der Waals surface area contributed by atoms with E-state index in [9.17, 15) is 16.8 Å². The van der Waals surface area contributed by atoms with Crippen LogP contribution in [0.4, 0.5) is 5.95 Å². The zero-order valence-corrected chi connectivity index (χ0v) is 18.1. The van der Waals surface area contributed by atoms with E-state index in [-0.39, 0.29) is 29.5 Å². The third-order valence-corrected chi connectivity index (χ3v) is 8.84. The maximum absolute atomic E-state index is 13.2. The van der Waals surface area contributed by atoms with E-state index >= 15 is 0 Å². The zero-order valence-electron chi connectivity index (χ0n) is 16.5. The molecule has 0 amide bonds. The van der Waals surface area contributed by atoms with Crippen LogP contribution in [0.2, 0.25) is 0 Å². The van der Waals surface area contributed by atoms with Gasteiger partial charge in [-0.3, -0.25) is 0 Å². The number of fused-ring (bicyclic) bond motifs is 1. The molecule has 0 saturated carbocycles. The number of nitrogen functional groups attached to an aromatic ring is 1. The fourth-order valence-corrected chi connectivity index (χ4v) is 7.18. The minimum atomic E-state index is -4.47. The summed E-state index contributed by atoms with van der Waals surface area (Å²) in [4.78, 5) is 6.43. The van der Waals surface area contributed by atoms with E-state index in [2.05, 4.69) is 37.2 Å². The molecule has 0 aliphatic carbocycles. The predicted molar refractivity (Wildman–Crippen MR) is 116 cm³/mol. The SMILES string of the molecule is Nc1nc2c(-c3ccc(S(=O)(=O)C4CNC4)c(S(N)(=O)=O)c3C3NNNN3)cccc2[nH]1. The molecule has 2 aliphatic rings. The number of rotatable bonds is 5. The van der Waals surface area contributed by atoms with Gasteiger partial charge in [0.1, 0.15) is 11.1 Å². The van der Waals surface area contributed by atoms with Crippen LogP contribution >= 0.6 is 0 Å².